The lowest BCUT2D eigenvalue weighted by molar-refractivity contribution is 0.0990. The summed E-state index contributed by atoms with van der Waals surface area (Å²) in [4.78, 5) is 12.4. The van der Waals surface area contributed by atoms with Crippen LogP contribution in [-0.2, 0) is 6.42 Å². The van der Waals surface area contributed by atoms with Gasteiger partial charge in [0.05, 0.1) is 5.56 Å². The Morgan fingerprint density at radius 1 is 1.09 bits per heavy atom. The van der Waals surface area contributed by atoms with E-state index in [1.54, 1.807) is 25.1 Å². The van der Waals surface area contributed by atoms with E-state index in [1.807, 2.05) is 0 Å². The average molecular weight is 300 g/mol. The second kappa shape index (κ2) is 5.60. The molecule has 0 saturated heterocycles. The molecule has 0 aliphatic carbocycles. The number of fused-ring (bicyclic) bond motifs is 1. The quantitative estimate of drug-likeness (QED) is 0.852. The van der Waals surface area contributed by atoms with Gasteiger partial charge in [0, 0.05) is 12.0 Å². The molecule has 0 saturated carbocycles. The lowest BCUT2D eigenvalue weighted by Crippen LogP contribution is -2.15. The molecule has 0 aromatic heterocycles. The Morgan fingerprint density at radius 2 is 1.82 bits per heavy atom. The second-order valence-corrected chi connectivity index (χ2v) is 5.18. The summed E-state index contributed by atoms with van der Waals surface area (Å²) in [5.74, 6) is 0.863. The summed E-state index contributed by atoms with van der Waals surface area (Å²) >= 11 is 0. The number of phenols is 2. The van der Waals surface area contributed by atoms with Crippen LogP contribution in [0.3, 0.4) is 0 Å². The fourth-order valence-corrected chi connectivity index (χ4v) is 2.39. The van der Waals surface area contributed by atoms with Crippen molar-refractivity contribution in [3.05, 3.63) is 47.0 Å². The molecule has 5 nitrogen and oxygen atoms in total. The molecule has 1 heterocycles. The SMILES string of the molecule is Cc1c(O)ccc(C(=O)Cc2ccc3c(c2)OCCO3)c1O. The van der Waals surface area contributed by atoms with E-state index in [4.69, 9.17) is 9.47 Å². The minimum Gasteiger partial charge on any atom is -0.508 e. The fraction of sp³-hybridized carbons (Fsp3) is 0.235. The average Bonchev–Trinajstić information content (AvgIpc) is 2.52. The number of ether oxygens (including phenoxy) is 2. The Kier molecular flexibility index (Phi) is 3.63. The maximum atomic E-state index is 12.4. The summed E-state index contributed by atoms with van der Waals surface area (Å²) in [5.41, 5.74) is 1.28. The molecule has 2 N–H and O–H groups in total. The van der Waals surface area contributed by atoms with E-state index < -0.39 is 0 Å². The predicted molar refractivity (Wildman–Crippen MR) is 80.0 cm³/mol. The van der Waals surface area contributed by atoms with Crippen molar-refractivity contribution in [2.24, 2.45) is 0 Å². The van der Waals surface area contributed by atoms with Crippen molar-refractivity contribution in [2.45, 2.75) is 13.3 Å². The van der Waals surface area contributed by atoms with Crippen LogP contribution >= 0.6 is 0 Å². The highest BCUT2D eigenvalue weighted by Crippen LogP contribution is 2.33. The van der Waals surface area contributed by atoms with E-state index in [0.717, 1.165) is 5.56 Å². The maximum Gasteiger partial charge on any atom is 0.170 e. The summed E-state index contributed by atoms with van der Waals surface area (Å²) in [6.07, 6.45) is 0.133. The standard InChI is InChI=1S/C17H16O5/c1-10-13(18)4-3-12(17(10)20)14(19)8-11-2-5-15-16(9-11)22-7-6-21-15/h2-5,9,18,20H,6-8H2,1H3. The Bertz CT molecular complexity index is 736. The van der Waals surface area contributed by atoms with Crippen molar-refractivity contribution in [1.82, 2.24) is 0 Å². The van der Waals surface area contributed by atoms with Crippen LogP contribution in [-0.4, -0.2) is 29.2 Å². The monoisotopic (exact) mass is 300 g/mol. The van der Waals surface area contributed by atoms with Crippen LogP contribution in [0.15, 0.2) is 30.3 Å². The molecule has 2 aromatic carbocycles. The van der Waals surface area contributed by atoms with Gasteiger partial charge in [0.1, 0.15) is 24.7 Å². The van der Waals surface area contributed by atoms with Crippen LogP contribution < -0.4 is 9.47 Å². The summed E-state index contributed by atoms with van der Waals surface area (Å²) in [6, 6.07) is 8.19. The van der Waals surface area contributed by atoms with E-state index in [9.17, 15) is 15.0 Å². The number of phenolic OH excluding ortho intramolecular Hbond substituents is 2. The molecule has 0 unspecified atom stereocenters. The van der Waals surface area contributed by atoms with Gasteiger partial charge < -0.3 is 19.7 Å². The van der Waals surface area contributed by atoms with Gasteiger partial charge >= 0.3 is 0 Å². The van der Waals surface area contributed by atoms with Gasteiger partial charge in [-0.2, -0.15) is 0 Å². The highest BCUT2D eigenvalue weighted by atomic mass is 16.6. The zero-order valence-corrected chi connectivity index (χ0v) is 12.1. The first-order valence-corrected chi connectivity index (χ1v) is 6.99. The minimum atomic E-state index is -0.225. The predicted octanol–water partition coefficient (Wildman–Crippen LogP) is 2.60. The second-order valence-electron chi connectivity index (χ2n) is 5.18. The molecule has 22 heavy (non-hydrogen) atoms. The van der Waals surface area contributed by atoms with Crippen molar-refractivity contribution in [1.29, 1.82) is 0 Å². The Hall–Kier alpha value is -2.69. The van der Waals surface area contributed by atoms with E-state index >= 15 is 0 Å². The van der Waals surface area contributed by atoms with Crippen LogP contribution in [0.25, 0.3) is 0 Å². The number of rotatable bonds is 3. The molecule has 0 bridgehead atoms. The van der Waals surface area contributed by atoms with Crippen molar-refractivity contribution in [3.63, 3.8) is 0 Å². The van der Waals surface area contributed by atoms with Crippen molar-refractivity contribution in [2.75, 3.05) is 13.2 Å². The summed E-state index contributed by atoms with van der Waals surface area (Å²) in [7, 11) is 0. The lowest BCUT2D eigenvalue weighted by Gasteiger charge is -2.18. The highest BCUT2D eigenvalue weighted by Gasteiger charge is 2.17. The number of hydrogen-bond acceptors (Lipinski definition) is 5. The first-order chi connectivity index (χ1) is 10.6. The maximum absolute atomic E-state index is 12.4. The van der Waals surface area contributed by atoms with Gasteiger partial charge in [0.25, 0.3) is 0 Å². The lowest BCUT2D eigenvalue weighted by atomic mass is 9.99. The van der Waals surface area contributed by atoms with E-state index in [-0.39, 0.29) is 29.3 Å². The van der Waals surface area contributed by atoms with Gasteiger partial charge in [0.2, 0.25) is 0 Å². The first kappa shape index (κ1) is 14.3. The molecule has 0 fully saturated rings. The van der Waals surface area contributed by atoms with Gasteiger partial charge in [-0.3, -0.25) is 4.79 Å². The van der Waals surface area contributed by atoms with Gasteiger partial charge in [-0.15, -0.1) is 0 Å². The smallest absolute Gasteiger partial charge is 0.170 e. The summed E-state index contributed by atoms with van der Waals surface area (Å²) in [6.45, 7) is 2.57. The zero-order chi connectivity index (χ0) is 15.7. The van der Waals surface area contributed by atoms with Crippen LogP contribution in [0.4, 0.5) is 0 Å². The van der Waals surface area contributed by atoms with Crippen LogP contribution in [0, 0.1) is 6.92 Å². The Balaban J connectivity index is 1.84. The molecular formula is C17H16O5. The summed E-state index contributed by atoms with van der Waals surface area (Å²) < 4.78 is 10.9. The molecule has 2 aromatic rings. The number of benzene rings is 2. The molecule has 3 rings (SSSR count). The Labute approximate surface area is 127 Å². The summed E-state index contributed by atoms with van der Waals surface area (Å²) in [5, 5.41) is 19.5. The van der Waals surface area contributed by atoms with Gasteiger partial charge in [-0.25, -0.2) is 0 Å². The molecule has 114 valence electrons. The number of hydrogen-bond donors (Lipinski definition) is 2. The molecule has 0 radical (unpaired) electrons. The van der Waals surface area contributed by atoms with Gasteiger partial charge in [0.15, 0.2) is 17.3 Å². The number of ketones is 1. The molecule has 0 amide bonds. The molecule has 0 spiro atoms. The van der Waals surface area contributed by atoms with Crippen LogP contribution in [0.5, 0.6) is 23.0 Å². The molecule has 0 atom stereocenters. The number of carbonyl (C=O) groups is 1. The molecule has 5 heteroatoms. The van der Waals surface area contributed by atoms with Gasteiger partial charge in [-0.05, 0) is 36.8 Å². The van der Waals surface area contributed by atoms with Crippen molar-refractivity contribution >= 4 is 5.78 Å². The third kappa shape index (κ3) is 2.57. The van der Waals surface area contributed by atoms with Crippen LogP contribution in [0.1, 0.15) is 21.5 Å². The number of carbonyl (C=O) groups excluding carboxylic acids is 1. The third-order valence-corrected chi connectivity index (χ3v) is 3.67. The van der Waals surface area contributed by atoms with E-state index in [1.165, 1.54) is 12.1 Å². The van der Waals surface area contributed by atoms with Crippen molar-refractivity contribution < 1.29 is 24.5 Å². The van der Waals surface area contributed by atoms with Crippen LogP contribution in [0.2, 0.25) is 0 Å². The fourth-order valence-electron chi connectivity index (χ4n) is 2.39. The molecule has 1 aliphatic rings. The highest BCUT2D eigenvalue weighted by molar-refractivity contribution is 6.00. The van der Waals surface area contributed by atoms with Crippen molar-refractivity contribution in [3.8, 4) is 23.0 Å². The zero-order valence-electron chi connectivity index (χ0n) is 12.1. The molecule has 1 aliphatic heterocycles. The van der Waals surface area contributed by atoms with E-state index in [0.29, 0.717) is 30.3 Å². The van der Waals surface area contributed by atoms with E-state index in [2.05, 4.69) is 0 Å². The third-order valence-electron chi connectivity index (χ3n) is 3.67. The number of aromatic hydroxyl groups is 2. The number of Topliss-reactive ketones (excluding diaryl/α,β-unsaturated/α-hetero) is 1. The first-order valence-electron chi connectivity index (χ1n) is 6.99. The Morgan fingerprint density at radius 3 is 2.59 bits per heavy atom. The largest absolute Gasteiger partial charge is 0.508 e. The van der Waals surface area contributed by atoms with Gasteiger partial charge in [-0.1, -0.05) is 6.07 Å². The normalized spacial score (nSPS) is 13.0. The minimum absolute atomic E-state index is 0.0339. The molecular weight excluding hydrogens is 284 g/mol. The topological polar surface area (TPSA) is 76.0 Å².